The van der Waals surface area contributed by atoms with Gasteiger partial charge in [0.15, 0.2) is 11.4 Å². The van der Waals surface area contributed by atoms with E-state index in [1.165, 1.54) is 0 Å². The second-order valence-electron chi connectivity index (χ2n) is 9.38. The van der Waals surface area contributed by atoms with Crippen LogP contribution in [0, 0.1) is 17.3 Å². The van der Waals surface area contributed by atoms with Gasteiger partial charge in [-0.05, 0) is 31.3 Å². The molecule has 4 aliphatic rings. The van der Waals surface area contributed by atoms with E-state index in [0.717, 1.165) is 5.57 Å². The van der Waals surface area contributed by atoms with E-state index >= 15 is 0 Å². The summed E-state index contributed by atoms with van der Waals surface area (Å²) in [6.45, 7) is 8.96. The Morgan fingerprint density at radius 2 is 1.73 bits per heavy atom. The minimum absolute atomic E-state index is 0.0503. The van der Waals surface area contributed by atoms with Gasteiger partial charge >= 0.3 is 5.97 Å². The van der Waals surface area contributed by atoms with Crippen molar-refractivity contribution in [3.63, 3.8) is 0 Å². The summed E-state index contributed by atoms with van der Waals surface area (Å²) < 4.78 is 5.62. The smallest absolute Gasteiger partial charge is 0.307 e. The Kier molecular flexibility index (Phi) is 3.21. The SMILES string of the molecule is CC1=C(C(C)C)C[C@@]2(O)[C@]3(C)CC(=O)O[C@@]4(C(=O)C(C)CC[C@]34O)[C@@]12O. The molecule has 0 radical (unpaired) electrons. The molecule has 0 aromatic carbocycles. The maximum atomic E-state index is 13.4. The van der Waals surface area contributed by atoms with Crippen LogP contribution in [0.1, 0.15) is 60.3 Å². The lowest BCUT2D eigenvalue weighted by atomic mass is 9.56. The van der Waals surface area contributed by atoms with Crippen molar-refractivity contribution in [3.8, 4) is 0 Å². The predicted octanol–water partition coefficient (Wildman–Crippen LogP) is 1.26. The number of fused-ring (bicyclic) bond motifs is 2. The second kappa shape index (κ2) is 4.59. The number of aliphatic hydroxyl groups is 3. The van der Waals surface area contributed by atoms with Gasteiger partial charge in [0.25, 0.3) is 0 Å². The molecule has 1 heterocycles. The van der Waals surface area contributed by atoms with Crippen LogP contribution in [0.25, 0.3) is 0 Å². The van der Waals surface area contributed by atoms with Gasteiger partial charge in [-0.25, -0.2) is 0 Å². The molecule has 0 spiro atoms. The van der Waals surface area contributed by atoms with Crippen molar-refractivity contribution in [2.24, 2.45) is 17.3 Å². The zero-order chi connectivity index (χ0) is 19.5. The molecule has 6 heteroatoms. The number of carbonyl (C=O) groups is 2. The number of esters is 1. The number of hydrogen-bond donors (Lipinski definition) is 3. The third kappa shape index (κ3) is 1.37. The highest BCUT2D eigenvalue weighted by molar-refractivity contribution is 5.99. The minimum atomic E-state index is -2.16. The van der Waals surface area contributed by atoms with Gasteiger partial charge in [0.05, 0.1) is 6.42 Å². The molecule has 144 valence electrons. The molecule has 6 atom stereocenters. The summed E-state index contributed by atoms with van der Waals surface area (Å²) >= 11 is 0. The first-order chi connectivity index (χ1) is 11.8. The third-order valence-corrected chi connectivity index (χ3v) is 8.18. The van der Waals surface area contributed by atoms with Crippen LogP contribution in [-0.2, 0) is 14.3 Å². The van der Waals surface area contributed by atoms with Gasteiger partial charge < -0.3 is 20.1 Å². The van der Waals surface area contributed by atoms with Crippen molar-refractivity contribution in [2.45, 2.75) is 82.7 Å². The molecule has 26 heavy (non-hydrogen) atoms. The molecule has 3 fully saturated rings. The van der Waals surface area contributed by atoms with E-state index in [-0.39, 0.29) is 25.2 Å². The summed E-state index contributed by atoms with van der Waals surface area (Å²) in [6.07, 6.45) is 0.505. The zero-order valence-electron chi connectivity index (χ0n) is 16.0. The lowest BCUT2D eigenvalue weighted by Crippen LogP contribution is -2.76. The topological polar surface area (TPSA) is 104 Å². The molecular formula is C20H28O6. The van der Waals surface area contributed by atoms with E-state index in [4.69, 9.17) is 4.74 Å². The molecule has 1 saturated heterocycles. The standard InChI is InChI=1S/C20H28O6/c1-10(2)13-8-18(24)16(5)9-14(21)26-20(19(18,25)12(13)4)15(22)11(3)6-7-17(16,20)23/h10-11,23-25H,6-9H2,1-5H3/t11?,16-,17+,18-,19-,20-/m1/s1. The average molecular weight is 364 g/mol. The van der Waals surface area contributed by atoms with E-state index in [1.807, 2.05) is 13.8 Å². The molecule has 2 saturated carbocycles. The Labute approximate surface area is 153 Å². The van der Waals surface area contributed by atoms with Gasteiger partial charge in [-0.3, -0.25) is 9.59 Å². The normalized spacial score (nSPS) is 53.0. The molecule has 0 aromatic rings. The van der Waals surface area contributed by atoms with Crippen molar-refractivity contribution in [1.29, 1.82) is 0 Å². The highest BCUT2D eigenvalue weighted by Crippen LogP contribution is 2.76. The average Bonchev–Trinajstić information content (AvgIpc) is 2.79. The molecule has 2 bridgehead atoms. The first kappa shape index (κ1) is 18.1. The molecule has 0 amide bonds. The number of ether oxygens (including phenoxy) is 1. The number of Topliss-reactive ketones (excluding diaryl/α,β-unsaturated/α-hetero) is 1. The Morgan fingerprint density at radius 1 is 1.12 bits per heavy atom. The van der Waals surface area contributed by atoms with Gasteiger partial charge in [0, 0.05) is 17.8 Å². The van der Waals surface area contributed by atoms with Crippen LogP contribution < -0.4 is 0 Å². The van der Waals surface area contributed by atoms with Crippen LogP contribution >= 0.6 is 0 Å². The van der Waals surface area contributed by atoms with Crippen LogP contribution in [0.3, 0.4) is 0 Å². The molecule has 1 aliphatic heterocycles. The Morgan fingerprint density at radius 3 is 2.31 bits per heavy atom. The fourth-order valence-electron chi connectivity index (χ4n) is 6.63. The highest BCUT2D eigenvalue weighted by atomic mass is 16.6. The molecule has 0 aromatic heterocycles. The molecule has 1 unspecified atom stereocenters. The van der Waals surface area contributed by atoms with Gasteiger partial charge in [-0.2, -0.15) is 0 Å². The van der Waals surface area contributed by atoms with Crippen molar-refractivity contribution in [3.05, 3.63) is 11.1 Å². The zero-order valence-corrected chi connectivity index (χ0v) is 16.0. The molecule has 6 nitrogen and oxygen atoms in total. The van der Waals surface area contributed by atoms with Gasteiger partial charge in [-0.1, -0.05) is 33.3 Å². The second-order valence-corrected chi connectivity index (χ2v) is 9.38. The van der Waals surface area contributed by atoms with Gasteiger partial charge in [-0.15, -0.1) is 0 Å². The van der Waals surface area contributed by atoms with E-state index in [9.17, 15) is 24.9 Å². The van der Waals surface area contributed by atoms with Gasteiger partial charge in [0.2, 0.25) is 5.60 Å². The summed E-state index contributed by atoms with van der Waals surface area (Å²) in [5.74, 6) is -1.58. The lowest BCUT2D eigenvalue weighted by Gasteiger charge is -2.56. The third-order valence-electron chi connectivity index (χ3n) is 8.18. The fraction of sp³-hybridized carbons (Fsp3) is 0.800. The largest absolute Gasteiger partial charge is 0.444 e. The summed E-state index contributed by atoms with van der Waals surface area (Å²) in [7, 11) is 0. The summed E-state index contributed by atoms with van der Waals surface area (Å²) in [6, 6.07) is 0. The van der Waals surface area contributed by atoms with Crippen LogP contribution in [0.2, 0.25) is 0 Å². The van der Waals surface area contributed by atoms with Crippen molar-refractivity contribution >= 4 is 11.8 Å². The van der Waals surface area contributed by atoms with Crippen LogP contribution in [0.4, 0.5) is 0 Å². The Balaban J connectivity index is 2.13. The number of hydrogen-bond acceptors (Lipinski definition) is 6. The first-order valence-corrected chi connectivity index (χ1v) is 9.47. The summed E-state index contributed by atoms with van der Waals surface area (Å²) in [5.41, 5.74) is -7.99. The van der Waals surface area contributed by atoms with E-state index in [2.05, 4.69) is 0 Å². The summed E-state index contributed by atoms with van der Waals surface area (Å²) in [5, 5.41) is 35.7. The summed E-state index contributed by atoms with van der Waals surface area (Å²) in [4.78, 5) is 25.9. The molecule has 4 rings (SSSR count). The van der Waals surface area contributed by atoms with Crippen molar-refractivity contribution < 1.29 is 29.6 Å². The molecular weight excluding hydrogens is 336 g/mol. The van der Waals surface area contributed by atoms with E-state index in [1.54, 1.807) is 20.8 Å². The monoisotopic (exact) mass is 364 g/mol. The van der Waals surface area contributed by atoms with E-state index < -0.39 is 45.5 Å². The van der Waals surface area contributed by atoms with Crippen molar-refractivity contribution in [1.82, 2.24) is 0 Å². The highest BCUT2D eigenvalue weighted by Gasteiger charge is 2.94. The Bertz CT molecular complexity index is 770. The van der Waals surface area contributed by atoms with Crippen molar-refractivity contribution in [2.75, 3.05) is 0 Å². The quantitative estimate of drug-likeness (QED) is 0.478. The fourth-order valence-corrected chi connectivity index (χ4v) is 6.63. The number of ketones is 1. The molecule has 3 N–H and O–H groups in total. The molecule has 3 aliphatic carbocycles. The Hall–Kier alpha value is -1.24. The van der Waals surface area contributed by atoms with Gasteiger partial charge in [0.1, 0.15) is 11.2 Å². The van der Waals surface area contributed by atoms with E-state index in [0.29, 0.717) is 12.0 Å². The van der Waals surface area contributed by atoms with Crippen LogP contribution in [0.5, 0.6) is 0 Å². The van der Waals surface area contributed by atoms with Crippen LogP contribution in [0.15, 0.2) is 11.1 Å². The number of rotatable bonds is 1. The maximum absolute atomic E-state index is 13.4. The minimum Gasteiger partial charge on any atom is -0.444 e. The maximum Gasteiger partial charge on any atom is 0.307 e. The number of carbonyl (C=O) groups excluding carboxylic acids is 2. The lowest BCUT2D eigenvalue weighted by molar-refractivity contribution is -0.259. The predicted molar refractivity (Wildman–Crippen MR) is 92.0 cm³/mol. The first-order valence-electron chi connectivity index (χ1n) is 9.47. The van der Waals surface area contributed by atoms with Crippen LogP contribution in [-0.4, -0.2) is 49.5 Å².